The third kappa shape index (κ3) is 1.37. The topological polar surface area (TPSA) is 22.1 Å². The number of pyridine rings is 1. The molecule has 2 rings (SSSR count). The van der Waals surface area contributed by atoms with Crippen molar-refractivity contribution in [2.45, 2.75) is 12.5 Å². The summed E-state index contributed by atoms with van der Waals surface area (Å²) >= 11 is 5.63. The number of hydrogen-bond donors (Lipinski definition) is 0. The minimum absolute atomic E-state index is 0.264. The lowest BCUT2D eigenvalue weighted by atomic mass is 10.1. The number of nitrogens with zero attached hydrogens (tertiary/aromatic N) is 1. The zero-order chi connectivity index (χ0) is 7.68. The molecule has 1 aliphatic heterocycles. The van der Waals surface area contributed by atoms with Crippen LogP contribution in [0.4, 0.5) is 0 Å². The zero-order valence-corrected chi connectivity index (χ0v) is 6.71. The lowest BCUT2D eigenvalue weighted by Gasteiger charge is -2.26. The summed E-state index contributed by atoms with van der Waals surface area (Å²) in [4.78, 5) is 3.97. The van der Waals surface area contributed by atoms with Gasteiger partial charge in [-0.2, -0.15) is 0 Å². The van der Waals surface area contributed by atoms with E-state index in [0.717, 1.165) is 18.6 Å². The third-order valence-corrected chi connectivity index (χ3v) is 2.04. The first-order chi connectivity index (χ1) is 5.36. The van der Waals surface area contributed by atoms with Gasteiger partial charge in [-0.15, -0.1) is 0 Å². The first-order valence-electron chi connectivity index (χ1n) is 3.59. The van der Waals surface area contributed by atoms with E-state index in [1.54, 1.807) is 12.3 Å². The second-order valence-electron chi connectivity index (χ2n) is 2.56. The lowest BCUT2D eigenvalue weighted by molar-refractivity contribution is -0.0528. The molecular weight excluding hydrogens is 162 g/mol. The minimum atomic E-state index is 0.264. The number of rotatable bonds is 1. The highest BCUT2D eigenvalue weighted by Gasteiger charge is 2.19. The van der Waals surface area contributed by atoms with Crippen LogP contribution in [0.3, 0.4) is 0 Å². The first kappa shape index (κ1) is 7.07. The molecule has 3 heteroatoms. The molecule has 0 bridgehead atoms. The van der Waals surface area contributed by atoms with Crippen LogP contribution in [0, 0.1) is 0 Å². The molecule has 1 unspecified atom stereocenters. The van der Waals surface area contributed by atoms with Crippen LogP contribution in [-0.2, 0) is 4.74 Å². The Morgan fingerprint density at radius 2 is 2.36 bits per heavy atom. The van der Waals surface area contributed by atoms with Gasteiger partial charge in [-0.05, 0) is 11.6 Å². The molecule has 1 aromatic heterocycles. The molecule has 2 nitrogen and oxygen atoms in total. The molecule has 1 atom stereocenters. The van der Waals surface area contributed by atoms with Crippen molar-refractivity contribution in [3.05, 3.63) is 29.0 Å². The molecule has 0 radical (unpaired) electrons. The van der Waals surface area contributed by atoms with Crippen molar-refractivity contribution < 1.29 is 4.74 Å². The largest absolute Gasteiger partial charge is 0.373 e. The fourth-order valence-corrected chi connectivity index (χ4v) is 1.19. The van der Waals surface area contributed by atoms with Crippen molar-refractivity contribution in [1.29, 1.82) is 0 Å². The van der Waals surface area contributed by atoms with Gasteiger partial charge in [0, 0.05) is 12.6 Å². The molecule has 58 valence electrons. The van der Waals surface area contributed by atoms with E-state index < -0.39 is 0 Å². The normalized spacial score (nSPS) is 22.8. The summed E-state index contributed by atoms with van der Waals surface area (Å²) in [6, 6.07) is 3.75. The Kier molecular flexibility index (Phi) is 1.80. The van der Waals surface area contributed by atoms with Gasteiger partial charge in [0.1, 0.15) is 5.15 Å². The second kappa shape index (κ2) is 2.80. The van der Waals surface area contributed by atoms with E-state index in [-0.39, 0.29) is 6.10 Å². The molecule has 0 aliphatic carbocycles. The molecule has 2 heterocycles. The van der Waals surface area contributed by atoms with Crippen molar-refractivity contribution in [1.82, 2.24) is 4.98 Å². The average Bonchev–Trinajstić information content (AvgIpc) is 1.90. The molecule has 1 fully saturated rings. The molecule has 1 saturated heterocycles. The highest BCUT2D eigenvalue weighted by Crippen LogP contribution is 2.28. The standard InChI is InChI=1S/C8H8ClNO/c9-8-2-1-6(5-10-8)7-3-4-11-7/h1-2,5,7H,3-4H2. The van der Waals surface area contributed by atoms with E-state index >= 15 is 0 Å². The molecule has 1 aromatic rings. The Hall–Kier alpha value is -0.600. The first-order valence-corrected chi connectivity index (χ1v) is 3.97. The van der Waals surface area contributed by atoms with Crippen molar-refractivity contribution >= 4 is 11.6 Å². The van der Waals surface area contributed by atoms with Crippen molar-refractivity contribution in [2.24, 2.45) is 0 Å². The molecular formula is C8H8ClNO. The van der Waals surface area contributed by atoms with E-state index in [0.29, 0.717) is 5.15 Å². The highest BCUT2D eigenvalue weighted by atomic mass is 35.5. The van der Waals surface area contributed by atoms with Gasteiger partial charge in [0.25, 0.3) is 0 Å². The molecule has 11 heavy (non-hydrogen) atoms. The summed E-state index contributed by atoms with van der Waals surface area (Å²) in [5.74, 6) is 0. The average molecular weight is 170 g/mol. The molecule has 0 saturated carbocycles. The quantitative estimate of drug-likeness (QED) is 0.602. The fraction of sp³-hybridized carbons (Fsp3) is 0.375. The van der Waals surface area contributed by atoms with Crippen LogP contribution in [0.1, 0.15) is 18.1 Å². The maximum atomic E-state index is 5.63. The Balaban J connectivity index is 2.18. The van der Waals surface area contributed by atoms with Crippen LogP contribution < -0.4 is 0 Å². The van der Waals surface area contributed by atoms with Crippen molar-refractivity contribution in [3.8, 4) is 0 Å². The molecule has 1 aliphatic rings. The van der Waals surface area contributed by atoms with Gasteiger partial charge < -0.3 is 4.74 Å². The maximum Gasteiger partial charge on any atom is 0.129 e. The number of halogens is 1. The Morgan fingerprint density at radius 1 is 1.55 bits per heavy atom. The van der Waals surface area contributed by atoms with E-state index in [9.17, 15) is 0 Å². The van der Waals surface area contributed by atoms with Gasteiger partial charge in [-0.1, -0.05) is 17.7 Å². The van der Waals surface area contributed by atoms with Crippen LogP contribution in [0.25, 0.3) is 0 Å². The van der Waals surface area contributed by atoms with Gasteiger partial charge >= 0.3 is 0 Å². The van der Waals surface area contributed by atoms with E-state index in [2.05, 4.69) is 4.98 Å². The maximum absolute atomic E-state index is 5.63. The smallest absolute Gasteiger partial charge is 0.129 e. The minimum Gasteiger partial charge on any atom is -0.373 e. The summed E-state index contributed by atoms with van der Waals surface area (Å²) in [5.41, 5.74) is 1.13. The fourth-order valence-electron chi connectivity index (χ4n) is 1.08. The highest BCUT2D eigenvalue weighted by molar-refractivity contribution is 6.29. The van der Waals surface area contributed by atoms with Gasteiger partial charge in [-0.25, -0.2) is 4.98 Å². The number of hydrogen-bond acceptors (Lipinski definition) is 2. The van der Waals surface area contributed by atoms with Crippen LogP contribution in [0.15, 0.2) is 18.3 Å². The summed E-state index contributed by atoms with van der Waals surface area (Å²) in [6.07, 6.45) is 3.13. The SMILES string of the molecule is Clc1ccc(C2CCO2)cn1. The predicted molar refractivity (Wildman–Crippen MR) is 42.6 cm³/mol. The molecule has 0 spiro atoms. The van der Waals surface area contributed by atoms with E-state index in [1.165, 1.54) is 0 Å². The molecule has 0 N–H and O–H groups in total. The second-order valence-corrected chi connectivity index (χ2v) is 2.95. The number of aromatic nitrogens is 1. The van der Waals surface area contributed by atoms with E-state index in [4.69, 9.17) is 16.3 Å². The zero-order valence-electron chi connectivity index (χ0n) is 5.96. The summed E-state index contributed by atoms with van der Waals surface area (Å²) < 4.78 is 5.27. The Morgan fingerprint density at radius 3 is 2.82 bits per heavy atom. The van der Waals surface area contributed by atoms with E-state index in [1.807, 2.05) is 6.07 Å². The summed E-state index contributed by atoms with van der Waals surface area (Å²) in [6.45, 7) is 0.868. The van der Waals surface area contributed by atoms with Crippen LogP contribution in [0.5, 0.6) is 0 Å². The van der Waals surface area contributed by atoms with Gasteiger partial charge in [0.15, 0.2) is 0 Å². The Labute approximate surface area is 70.2 Å². The van der Waals surface area contributed by atoms with Crippen molar-refractivity contribution in [2.75, 3.05) is 6.61 Å². The summed E-state index contributed by atoms with van der Waals surface area (Å²) in [7, 11) is 0. The monoisotopic (exact) mass is 169 g/mol. The van der Waals surface area contributed by atoms with Crippen LogP contribution >= 0.6 is 11.6 Å². The van der Waals surface area contributed by atoms with Gasteiger partial charge in [0.05, 0.1) is 12.7 Å². The van der Waals surface area contributed by atoms with Crippen molar-refractivity contribution in [3.63, 3.8) is 0 Å². The molecule has 0 aromatic carbocycles. The number of ether oxygens (including phenoxy) is 1. The van der Waals surface area contributed by atoms with Gasteiger partial charge in [-0.3, -0.25) is 0 Å². The van der Waals surface area contributed by atoms with Crippen LogP contribution in [-0.4, -0.2) is 11.6 Å². The lowest BCUT2D eigenvalue weighted by Crippen LogP contribution is -2.18. The van der Waals surface area contributed by atoms with Gasteiger partial charge in [0.2, 0.25) is 0 Å². The van der Waals surface area contributed by atoms with Crippen LogP contribution in [0.2, 0.25) is 5.15 Å². The Bertz CT molecular complexity index is 243. The molecule has 0 amide bonds. The third-order valence-electron chi connectivity index (χ3n) is 1.82. The summed E-state index contributed by atoms with van der Waals surface area (Å²) in [5, 5.41) is 0.535. The predicted octanol–water partition coefficient (Wildman–Crippen LogP) is 2.20.